The summed E-state index contributed by atoms with van der Waals surface area (Å²) >= 11 is 0. The van der Waals surface area contributed by atoms with E-state index in [-0.39, 0.29) is 10.8 Å². The van der Waals surface area contributed by atoms with Crippen LogP contribution in [0.2, 0.25) is 0 Å². The molecule has 1 fully saturated rings. The highest BCUT2D eigenvalue weighted by atomic mass is 32.2. The first-order valence-electron chi connectivity index (χ1n) is 8.38. The third-order valence-corrected chi connectivity index (χ3v) is 6.58. The van der Waals surface area contributed by atoms with Gasteiger partial charge < -0.3 is 4.74 Å². The minimum absolute atomic E-state index is 0.100. The zero-order chi connectivity index (χ0) is 19.2. The molecule has 4 nitrogen and oxygen atoms in total. The maximum absolute atomic E-state index is 13.0. The Morgan fingerprint density at radius 2 is 1.67 bits per heavy atom. The Labute approximate surface area is 154 Å². The van der Waals surface area contributed by atoms with Crippen LogP contribution in [-0.4, -0.2) is 25.6 Å². The van der Waals surface area contributed by atoms with Gasteiger partial charge in [-0.2, -0.15) is 13.2 Å². The summed E-state index contributed by atoms with van der Waals surface area (Å²) in [5, 5.41) is 0. The quantitative estimate of drug-likeness (QED) is 0.786. The van der Waals surface area contributed by atoms with Gasteiger partial charge in [0.1, 0.15) is 0 Å². The van der Waals surface area contributed by atoms with Crippen molar-refractivity contribution in [2.24, 2.45) is 5.92 Å². The molecule has 2 aliphatic heterocycles. The van der Waals surface area contributed by atoms with E-state index in [1.54, 1.807) is 0 Å². The Morgan fingerprint density at radius 3 is 2.30 bits per heavy atom. The second-order valence-corrected chi connectivity index (χ2v) is 8.31. The first kappa shape index (κ1) is 18.1. The Morgan fingerprint density at radius 1 is 1.00 bits per heavy atom. The lowest BCUT2D eigenvalue weighted by molar-refractivity contribution is -0.137. The highest BCUT2D eigenvalue weighted by Gasteiger charge is 2.45. The number of halogens is 3. The third-order valence-electron chi connectivity index (χ3n) is 4.84. The smallest absolute Gasteiger partial charge is 0.357 e. The van der Waals surface area contributed by atoms with E-state index in [0.29, 0.717) is 13.0 Å². The van der Waals surface area contributed by atoms with E-state index in [0.717, 1.165) is 39.7 Å². The van der Waals surface area contributed by atoms with Gasteiger partial charge >= 0.3 is 6.18 Å². The topological polar surface area (TPSA) is 46.6 Å². The van der Waals surface area contributed by atoms with Crippen LogP contribution in [-0.2, 0) is 20.9 Å². The van der Waals surface area contributed by atoms with E-state index < -0.39 is 28.0 Å². The molecule has 0 aliphatic carbocycles. The summed E-state index contributed by atoms with van der Waals surface area (Å²) in [5.41, 5.74) is 0.870. The van der Waals surface area contributed by atoms with Gasteiger partial charge in [-0.25, -0.2) is 12.7 Å². The fourth-order valence-corrected chi connectivity index (χ4v) is 4.96. The maximum atomic E-state index is 13.0. The summed E-state index contributed by atoms with van der Waals surface area (Å²) in [7, 11) is -4.03. The molecule has 0 N–H and O–H groups in total. The zero-order valence-electron chi connectivity index (χ0n) is 14.1. The van der Waals surface area contributed by atoms with Crippen molar-refractivity contribution in [2.75, 3.05) is 6.61 Å². The molecular formula is C19H16F3NO3S. The lowest BCUT2D eigenvalue weighted by atomic mass is 9.93. The third kappa shape index (κ3) is 3.12. The van der Waals surface area contributed by atoms with Crippen molar-refractivity contribution >= 4 is 15.6 Å². The van der Waals surface area contributed by atoms with Crippen LogP contribution in [0.5, 0.6) is 0 Å². The van der Waals surface area contributed by atoms with E-state index in [4.69, 9.17) is 4.74 Å². The zero-order valence-corrected chi connectivity index (χ0v) is 14.9. The Balaban J connectivity index is 1.72. The molecule has 27 heavy (non-hydrogen) atoms. The molecule has 8 heteroatoms. The van der Waals surface area contributed by atoms with Gasteiger partial charge in [0.2, 0.25) is 0 Å². The summed E-state index contributed by atoms with van der Waals surface area (Å²) in [4.78, 5) is -0.199. The Bertz CT molecular complexity index is 970. The van der Waals surface area contributed by atoms with Crippen LogP contribution >= 0.6 is 0 Å². The second-order valence-electron chi connectivity index (χ2n) is 6.46. The van der Waals surface area contributed by atoms with Crippen LogP contribution in [0.4, 0.5) is 13.2 Å². The lowest BCUT2D eigenvalue weighted by Crippen LogP contribution is -2.35. The number of fused-ring (bicyclic) bond motifs is 1. The van der Waals surface area contributed by atoms with Gasteiger partial charge in [0.25, 0.3) is 10.0 Å². The number of benzene rings is 2. The van der Waals surface area contributed by atoms with E-state index in [1.165, 1.54) is 6.20 Å². The molecule has 4 rings (SSSR count). The Hall–Kier alpha value is -2.32. The predicted octanol–water partition coefficient (Wildman–Crippen LogP) is 4.11. The number of ether oxygens (including phenoxy) is 1. The van der Waals surface area contributed by atoms with Gasteiger partial charge in [-0.15, -0.1) is 0 Å². The summed E-state index contributed by atoms with van der Waals surface area (Å²) in [6, 6.07) is 12.9. The summed E-state index contributed by atoms with van der Waals surface area (Å²) in [6.45, 7) is 0.429. The number of alkyl halides is 3. The van der Waals surface area contributed by atoms with Crippen LogP contribution < -0.4 is 0 Å². The van der Waals surface area contributed by atoms with Crippen molar-refractivity contribution in [2.45, 2.75) is 23.7 Å². The summed E-state index contributed by atoms with van der Waals surface area (Å²) in [6.07, 6.45) is -2.97. The normalized spacial score (nSPS) is 22.6. The molecule has 0 aromatic heterocycles. The van der Waals surface area contributed by atoms with Gasteiger partial charge in [-0.05, 0) is 41.8 Å². The SMILES string of the molecule is O=S(=O)(c1ccc(C(F)(F)F)cc1)N1C=C(c2ccccc2)C2CCOC21. The molecule has 0 radical (unpaired) electrons. The molecule has 0 amide bonds. The summed E-state index contributed by atoms with van der Waals surface area (Å²) < 4.78 is 71.1. The van der Waals surface area contributed by atoms with Gasteiger partial charge in [-0.1, -0.05) is 30.3 Å². The first-order valence-corrected chi connectivity index (χ1v) is 9.82. The largest absolute Gasteiger partial charge is 0.416 e. The number of rotatable bonds is 3. The molecule has 1 saturated heterocycles. The van der Waals surface area contributed by atoms with Crippen molar-refractivity contribution in [1.29, 1.82) is 0 Å². The highest BCUT2D eigenvalue weighted by Crippen LogP contribution is 2.44. The van der Waals surface area contributed by atoms with Crippen LogP contribution in [0.15, 0.2) is 65.7 Å². The molecule has 2 aromatic carbocycles. The monoisotopic (exact) mass is 395 g/mol. The molecular weight excluding hydrogens is 379 g/mol. The van der Waals surface area contributed by atoms with Gasteiger partial charge in [-0.3, -0.25) is 0 Å². The van der Waals surface area contributed by atoms with Gasteiger partial charge in [0.15, 0.2) is 6.23 Å². The van der Waals surface area contributed by atoms with Crippen molar-refractivity contribution in [3.05, 3.63) is 71.9 Å². The van der Waals surface area contributed by atoms with E-state index in [2.05, 4.69) is 0 Å². The molecule has 2 unspecified atom stereocenters. The second kappa shape index (κ2) is 6.38. The molecule has 2 aromatic rings. The summed E-state index contributed by atoms with van der Waals surface area (Å²) in [5.74, 6) is -0.100. The number of hydrogen-bond acceptors (Lipinski definition) is 3. The molecule has 0 saturated carbocycles. The average Bonchev–Trinajstić information content (AvgIpc) is 3.24. The van der Waals surface area contributed by atoms with Crippen molar-refractivity contribution in [3.8, 4) is 0 Å². The highest BCUT2D eigenvalue weighted by molar-refractivity contribution is 7.89. The lowest BCUT2D eigenvalue weighted by Gasteiger charge is -2.24. The fraction of sp³-hybridized carbons (Fsp3) is 0.263. The number of nitrogens with zero attached hydrogens (tertiary/aromatic N) is 1. The minimum Gasteiger partial charge on any atom is -0.357 e. The van der Waals surface area contributed by atoms with Crippen LogP contribution in [0.25, 0.3) is 5.57 Å². The van der Waals surface area contributed by atoms with Crippen molar-refractivity contribution in [1.82, 2.24) is 4.31 Å². The maximum Gasteiger partial charge on any atom is 0.416 e. The number of hydrogen-bond donors (Lipinski definition) is 0. The van der Waals surface area contributed by atoms with E-state index in [9.17, 15) is 21.6 Å². The van der Waals surface area contributed by atoms with Gasteiger partial charge in [0, 0.05) is 12.1 Å². The Kier molecular flexibility index (Phi) is 4.27. The first-order chi connectivity index (χ1) is 12.8. The average molecular weight is 395 g/mol. The minimum atomic E-state index is -4.52. The molecule has 2 heterocycles. The number of sulfonamides is 1. The molecule has 2 atom stereocenters. The van der Waals surface area contributed by atoms with E-state index >= 15 is 0 Å². The van der Waals surface area contributed by atoms with Crippen LogP contribution in [0.3, 0.4) is 0 Å². The van der Waals surface area contributed by atoms with Crippen LogP contribution in [0, 0.1) is 5.92 Å². The van der Waals surface area contributed by atoms with E-state index in [1.807, 2.05) is 30.3 Å². The molecule has 0 bridgehead atoms. The fourth-order valence-electron chi connectivity index (χ4n) is 3.50. The molecule has 142 valence electrons. The van der Waals surface area contributed by atoms with Crippen molar-refractivity contribution in [3.63, 3.8) is 0 Å². The molecule has 2 aliphatic rings. The van der Waals surface area contributed by atoms with Crippen molar-refractivity contribution < 1.29 is 26.3 Å². The predicted molar refractivity (Wildman–Crippen MR) is 92.7 cm³/mol. The molecule has 0 spiro atoms. The van der Waals surface area contributed by atoms with Crippen LogP contribution in [0.1, 0.15) is 17.5 Å². The standard InChI is InChI=1S/C19H16F3NO3S/c20-19(21,22)14-6-8-15(9-7-14)27(24,25)23-12-17(13-4-2-1-3-5-13)16-10-11-26-18(16)23/h1-9,12,16,18H,10-11H2. The van der Waals surface area contributed by atoms with Gasteiger partial charge in [0.05, 0.1) is 17.1 Å².